The topological polar surface area (TPSA) is 69.0 Å². The first kappa shape index (κ1) is 26.0. The van der Waals surface area contributed by atoms with E-state index in [4.69, 9.17) is 14.2 Å². The van der Waals surface area contributed by atoms with E-state index in [1.165, 1.54) is 6.07 Å². The molecule has 0 atom stereocenters. The number of likely N-dealkylation sites (tertiary alicyclic amines) is 1. The van der Waals surface area contributed by atoms with Crippen LogP contribution in [0.3, 0.4) is 0 Å². The van der Waals surface area contributed by atoms with E-state index in [1.807, 2.05) is 24.5 Å². The third-order valence-electron chi connectivity index (χ3n) is 6.67. The molecule has 1 aromatic heterocycles. The lowest BCUT2D eigenvalue weighted by molar-refractivity contribution is -0.0543. The van der Waals surface area contributed by atoms with Crippen molar-refractivity contribution in [3.63, 3.8) is 0 Å². The quantitative estimate of drug-likeness (QED) is 0.373. The fourth-order valence-corrected chi connectivity index (χ4v) is 4.51. The molecular formula is C28H36FN3O4. The van der Waals surface area contributed by atoms with Crippen molar-refractivity contribution in [3.05, 3.63) is 72.1 Å². The van der Waals surface area contributed by atoms with Crippen molar-refractivity contribution in [1.82, 2.24) is 14.5 Å². The van der Waals surface area contributed by atoms with Crippen molar-refractivity contribution >= 4 is 0 Å². The Morgan fingerprint density at radius 1 is 1.06 bits per heavy atom. The Kier molecular flexibility index (Phi) is 8.83. The molecule has 0 unspecified atom stereocenters. The van der Waals surface area contributed by atoms with Crippen LogP contribution >= 0.6 is 0 Å². The van der Waals surface area contributed by atoms with E-state index in [0.29, 0.717) is 19.4 Å². The number of benzene rings is 2. The molecule has 2 heterocycles. The van der Waals surface area contributed by atoms with Crippen LogP contribution in [0.25, 0.3) is 0 Å². The van der Waals surface area contributed by atoms with Gasteiger partial charge in [-0.25, -0.2) is 9.37 Å². The van der Waals surface area contributed by atoms with Gasteiger partial charge >= 0.3 is 0 Å². The third kappa shape index (κ3) is 6.77. The molecule has 1 saturated heterocycles. The number of para-hydroxylation sites is 1. The van der Waals surface area contributed by atoms with E-state index in [1.54, 1.807) is 25.3 Å². The Balaban J connectivity index is 1.23. The third-order valence-corrected chi connectivity index (χ3v) is 6.67. The Hall–Kier alpha value is -3.10. The van der Waals surface area contributed by atoms with Crippen LogP contribution in [0.4, 0.5) is 4.39 Å². The van der Waals surface area contributed by atoms with Gasteiger partial charge in [0.05, 0.1) is 13.7 Å². The SMILES string of the molecule is CCc1nccn1CCCOc1ccc(CN2CCC(O)(COc3ccccc3F)CC2)cc1OC. The number of aliphatic hydroxyl groups is 1. The number of methoxy groups -OCH3 is 1. The zero-order valence-electron chi connectivity index (χ0n) is 21.2. The van der Waals surface area contributed by atoms with Crippen LogP contribution < -0.4 is 14.2 Å². The molecule has 36 heavy (non-hydrogen) atoms. The van der Waals surface area contributed by atoms with E-state index in [0.717, 1.165) is 61.9 Å². The van der Waals surface area contributed by atoms with E-state index >= 15 is 0 Å². The number of imidazole rings is 1. The second-order valence-electron chi connectivity index (χ2n) is 9.30. The van der Waals surface area contributed by atoms with Crippen molar-refractivity contribution in [2.75, 3.05) is 33.4 Å². The van der Waals surface area contributed by atoms with Gasteiger partial charge < -0.3 is 23.9 Å². The molecule has 8 heteroatoms. The number of nitrogens with zero attached hydrogens (tertiary/aromatic N) is 3. The summed E-state index contributed by atoms with van der Waals surface area (Å²) >= 11 is 0. The minimum Gasteiger partial charge on any atom is -0.493 e. The summed E-state index contributed by atoms with van der Waals surface area (Å²) in [5.74, 6) is 2.31. The lowest BCUT2D eigenvalue weighted by atomic mass is 9.92. The maximum absolute atomic E-state index is 13.8. The van der Waals surface area contributed by atoms with E-state index in [-0.39, 0.29) is 12.4 Å². The molecule has 0 aliphatic carbocycles. The highest BCUT2D eigenvalue weighted by atomic mass is 19.1. The van der Waals surface area contributed by atoms with Crippen molar-refractivity contribution in [1.29, 1.82) is 0 Å². The fourth-order valence-electron chi connectivity index (χ4n) is 4.51. The summed E-state index contributed by atoms with van der Waals surface area (Å²) in [4.78, 5) is 6.65. The molecule has 1 N–H and O–H groups in total. The lowest BCUT2D eigenvalue weighted by Crippen LogP contribution is -2.47. The molecule has 0 bridgehead atoms. The van der Waals surface area contributed by atoms with Crippen LogP contribution in [-0.2, 0) is 19.5 Å². The first-order valence-corrected chi connectivity index (χ1v) is 12.6. The average Bonchev–Trinajstić information content (AvgIpc) is 3.36. The van der Waals surface area contributed by atoms with Crippen LogP contribution in [0.1, 0.15) is 37.6 Å². The number of ether oxygens (including phenoxy) is 3. The highest BCUT2D eigenvalue weighted by Crippen LogP contribution is 2.30. The summed E-state index contributed by atoms with van der Waals surface area (Å²) in [6, 6.07) is 12.3. The summed E-state index contributed by atoms with van der Waals surface area (Å²) < 4.78 is 33.1. The monoisotopic (exact) mass is 497 g/mol. The summed E-state index contributed by atoms with van der Waals surface area (Å²) in [6.07, 6.45) is 6.77. The average molecular weight is 498 g/mol. The number of halogens is 1. The second kappa shape index (κ2) is 12.2. The number of piperidine rings is 1. The number of aromatic nitrogens is 2. The molecule has 2 aromatic carbocycles. The van der Waals surface area contributed by atoms with Gasteiger partial charge in [0.25, 0.3) is 0 Å². The lowest BCUT2D eigenvalue weighted by Gasteiger charge is -2.38. The highest BCUT2D eigenvalue weighted by molar-refractivity contribution is 5.43. The maximum Gasteiger partial charge on any atom is 0.165 e. The summed E-state index contributed by atoms with van der Waals surface area (Å²) in [6.45, 7) is 5.86. The number of rotatable bonds is 12. The van der Waals surface area contributed by atoms with Crippen molar-refractivity contribution in [2.45, 2.75) is 51.3 Å². The molecule has 7 nitrogen and oxygen atoms in total. The number of hydrogen-bond donors (Lipinski definition) is 1. The molecule has 0 saturated carbocycles. The Morgan fingerprint density at radius 3 is 2.61 bits per heavy atom. The minimum atomic E-state index is -0.956. The van der Waals surface area contributed by atoms with Gasteiger partial charge in [-0.15, -0.1) is 0 Å². The molecule has 194 valence electrons. The smallest absolute Gasteiger partial charge is 0.165 e. The normalized spacial score (nSPS) is 15.6. The van der Waals surface area contributed by atoms with E-state index in [2.05, 4.69) is 27.4 Å². The van der Waals surface area contributed by atoms with Gasteiger partial charge in [0.15, 0.2) is 23.1 Å². The predicted molar refractivity (Wildman–Crippen MR) is 136 cm³/mol. The molecule has 4 rings (SSSR count). The van der Waals surface area contributed by atoms with Crippen LogP contribution in [0.2, 0.25) is 0 Å². The highest BCUT2D eigenvalue weighted by Gasteiger charge is 2.33. The Morgan fingerprint density at radius 2 is 1.86 bits per heavy atom. The molecule has 3 aromatic rings. The van der Waals surface area contributed by atoms with Gasteiger partial charge in [0.1, 0.15) is 18.0 Å². The molecular weight excluding hydrogens is 461 g/mol. The summed E-state index contributed by atoms with van der Waals surface area (Å²) in [5.41, 5.74) is 0.168. The van der Waals surface area contributed by atoms with Gasteiger partial charge in [0.2, 0.25) is 0 Å². The predicted octanol–water partition coefficient (Wildman–Crippen LogP) is 4.47. The standard InChI is InChI=1S/C28H36FN3O4/c1-3-27-30-13-17-32(27)14-6-18-35-25-10-9-22(19-26(25)34-2)20-31-15-11-28(33,12-16-31)21-36-24-8-5-4-7-23(24)29/h4-5,7-10,13,17,19,33H,3,6,11-12,14-16,18,20-21H2,1-2H3. The minimum absolute atomic E-state index is 0.0856. The van der Waals surface area contributed by atoms with Crippen molar-refractivity contribution in [3.8, 4) is 17.2 Å². The van der Waals surface area contributed by atoms with Gasteiger partial charge in [-0.3, -0.25) is 4.90 Å². The maximum atomic E-state index is 13.8. The number of aryl methyl sites for hydroxylation is 2. The van der Waals surface area contributed by atoms with E-state index < -0.39 is 11.4 Å². The Labute approximate surface area is 212 Å². The van der Waals surface area contributed by atoms with Crippen molar-refractivity contribution in [2.24, 2.45) is 0 Å². The largest absolute Gasteiger partial charge is 0.493 e. The van der Waals surface area contributed by atoms with Gasteiger partial charge in [-0.05, 0) is 49.1 Å². The molecule has 0 spiro atoms. The molecule has 1 aliphatic heterocycles. The van der Waals surface area contributed by atoms with Crippen LogP contribution in [0, 0.1) is 5.82 Å². The zero-order chi connectivity index (χ0) is 25.4. The fraction of sp³-hybridized carbons (Fsp3) is 0.464. The van der Waals surface area contributed by atoms with Crippen LogP contribution in [0.5, 0.6) is 17.2 Å². The molecule has 0 amide bonds. The molecule has 1 aliphatic rings. The van der Waals surface area contributed by atoms with Gasteiger partial charge in [-0.2, -0.15) is 0 Å². The summed E-state index contributed by atoms with van der Waals surface area (Å²) in [7, 11) is 1.65. The first-order valence-electron chi connectivity index (χ1n) is 12.6. The molecule has 0 radical (unpaired) electrons. The van der Waals surface area contributed by atoms with Gasteiger partial charge in [0, 0.05) is 45.0 Å². The first-order chi connectivity index (χ1) is 17.5. The van der Waals surface area contributed by atoms with E-state index in [9.17, 15) is 9.50 Å². The summed E-state index contributed by atoms with van der Waals surface area (Å²) in [5, 5.41) is 10.9. The van der Waals surface area contributed by atoms with Crippen LogP contribution in [0.15, 0.2) is 54.9 Å². The van der Waals surface area contributed by atoms with Gasteiger partial charge in [-0.1, -0.05) is 25.1 Å². The van der Waals surface area contributed by atoms with Crippen molar-refractivity contribution < 1.29 is 23.7 Å². The second-order valence-corrected chi connectivity index (χ2v) is 9.30. The zero-order valence-corrected chi connectivity index (χ0v) is 21.2. The van der Waals surface area contributed by atoms with Crippen LogP contribution in [-0.4, -0.2) is 58.6 Å². The Bertz CT molecular complexity index is 1110. The number of hydrogen-bond acceptors (Lipinski definition) is 6. The molecule has 1 fully saturated rings.